The predicted octanol–water partition coefficient (Wildman–Crippen LogP) is 1.73. The fraction of sp³-hybridized carbons (Fsp3) is 0.391. The first-order valence-corrected chi connectivity index (χ1v) is 11.0. The summed E-state index contributed by atoms with van der Waals surface area (Å²) in [6, 6.07) is 7.30. The van der Waals surface area contributed by atoms with E-state index < -0.39 is 16.8 Å². The number of nitrogens with zero attached hydrogens (tertiary/aromatic N) is 5. The summed E-state index contributed by atoms with van der Waals surface area (Å²) in [7, 11) is 1.58. The monoisotopic (exact) mass is 453 g/mol. The molecule has 3 aromatic heterocycles. The van der Waals surface area contributed by atoms with E-state index >= 15 is 0 Å². The van der Waals surface area contributed by atoms with E-state index in [0.717, 1.165) is 10.1 Å². The third-order valence-electron chi connectivity index (χ3n) is 5.87. The number of fused-ring (bicyclic) bond motifs is 3. The molecule has 0 saturated carbocycles. The van der Waals surface area contributed by atoms with Gasteiger partial charge in [0.15, 0.2) is 11.2 Å². The molecule has 0 bridgehead atoms. The molecule has 174 valence electrons. The van der Waals surface area contributed by atoms with Crippen molar-refractivity contribution < 1.29 is 9.84 Å². The lowest BCUT2D eigenvalue weighted by Crippen LogP contribution is -2.40. The number of ether oxygens (including phenoxy) is 1. The van der Waals surface area contributed by atoms with Gasteiger partial charge in [0.2, 0.25) is 11.7 Å². The van der Waals surface area contributed by atoms with Crippen LogP contribution in [0.1, 0.15) is 38.3 Å². The van der Waals surface area contributed by atoms with Crippen LogP contribution < -0.4 is 21.5 Å². The Kier molecular flexibility index (Phi) is 5.84. The topological polar surface area (TPSA) is 113 Å². The molecule has 0 amide bonds. The molecule has 1 N–H and O–H groups in total. The molecule has 0 aliphatic heterocycles. The molecular weight excluding hydrogens is 426 g/mol. The summed E-state index contributed by atoms with van der Waals surface area (Å²) < 4.78 is 10.4. The van der Waals surface area contributed by atoms with Crippen molar-refractivity contribution in [2.24, 2.45) is 0 Å². The summed E-state index contributed by atoms with van der Waals surface area (Å²) in [5.41, 5.74) is -0.340. The van der Waals surface area contributed by atoms with Crippen LogP contribution in [0, 0.1) is 0 Å². The van der Waals surface area contributed by atoms with Gasteiger partial charge in [-0.15, -0.1) is 0 Å². The molecule has 10 nitrogen and oxygen atoms in total. The van der Waals surface area contributed by atoms with Gasteiger partial charge in [0, 0.05) is 13.1 Å². The number of imidazole rings is 1. The minimum atomic E-state index is -0.573. The molecule has 0 atom stereocenters. The number of hydrogen-bond donors (Lipinski definition) is 1. The van der Waals surface area contributed by atoms with Gasteiger partial charge in [0.1, 0.15) is 5.75 Å². The summed E-state index contributed by atoms with van der Waals surface area (Å²) in [6.07, 6.45) is 0.959. The quantitative estimate of drug-likeness (QED) is 0.456. The highest BCUT2D eigenvalue weighted by atomic mass is 16.5. The van der Waals surface area contributed by atoms with Gasteiger partial charge in [-0.3, -0.25) is 23.3 Å². The lowest BCUT2D eigenvalue weighted by atomic mass is 10.1. The summed E-state index contributed by atoms with van der Waals surface area (Å²) >= 11 is 0. The number of methoxy groups -OCH3 is 1. The highest BCUT2D eigenvalue weighted by Gasteiger charge is 2.24. The van der Waals surface area contributed by atoms with E-state index in [1.807, 2.05) is 19.1 Å². The van der Waals surface area contributed by atoms with Crippen molar-refractivity contribution in [3.63, 3.8) is 0 Å². The lowest BCUT2D eigenvalue weighted by molar-refractivity contribution is 0.410. The molecule has 4 aromatic rings. The largest absolute Gasteiger partial charge is 0.497 e. The zero-order chi connectivity index (χ0) is 23.9. The van der Waals surface area contributed by atoms with Gasteiger partial charge in [-0.2, -0.15) is 4.98 Å². The second-order valence-corrected chi connectivity index (χ2v) is 7.79. The van der Waals surface area contributed by atoms with Gasteiger partial charge < -0.3 is 9.84 Å². The van der Waals surface area contributed by atoms with Crippen molar-refractivity contribution in [1.29, 1.82) is 0 Å². The Labute approximate surface area is 188 Å². The maximum Gasteiger partial charge on any atom is 0.332 e. The molecule has 1 aromatic carbocycles. The average molecular weight is 453 g/mol. The molecule has 0 aliphatic carbocycles. The van der Waals surface area contributed by atoms with Crippen molar-refractivity contribution in [2.45, 2.75) is 53.2 Å². The maximum atomic E-state index is 13.4. The molecule has 33 heavy (non-hydrogen) atoms. The van der Waals surface area contributed by atoms with E-state index in [0.29, 0.717) is 18.6 Å². The van der Waals surface area contributed by atoms with Gasteiger partial charge in [-0.1, -0.05) is 25.5 Å². The zero-order valence-corrected chi connectivity index (χ0v) is 19.2. The van der Waals surface area contributed by atoms with Crippen LogP contribution in [-0.4, -0.2) is 35.3 Å². The van der Waals surface area contributed by atoms with E-state index in [4.69, 9.17) is 4.74 Å². The molecule has 0 aliphatic rings. The van der Waals surface area contributed by atoms with Crippen LogP contribution in [0.25, 0.3) is 16.9 Å². The number of aromatic hydroxyl groups is 1. The van der Waals surface area contributed by atoms with E-state index in [1.165, 1.54) is 13.5 Å². The van der Waals surface area contributed by atoms with Gasteiger partial charge in [-0.25, -0.2) is 9.20 Å². The van der Waals surface area contributed by atoms with Crippen LogP contribution >= 0.6 is 0 Å². The van der Waals surface area contributed by atoms with Crippen molar-refractivity contribution >= 4 is 16.9 Å². The molecule has 0 unspecified atom stereocenters. The van der Waals surface area contributed by atoms with Gasteiger partial charge in [0.25, 0.3) is 11.1 Å². The highest BCUT2D eigenvalue weighted by molar-refractivity contribution is 5.75. The lowest BCUT2D eigenvalue weighted by Gasteiger charge is -2.14. The van der Waals surface area contributed by atoms with Crippen LogP contribution in [0.3, 0.4) is 0 Å². The van der Waals surface area contributed by atoms with Crippen molar-refractivity contribution in [3.05, 3.63) is 66.6 Å². The van der Waals surface area contributed by atoms with Crippen LogP contribution in [-0.2, 0) is 26.1 Å². The Morgan fingerprint density at radius 1 is 0.939 bits per heavy atom. The zero-order valence-electron chi connectivity index (χ0n) is 19.2. The number of benzene rings is 1. The summed E-state index contributed by atoms with van der Waals surface area (Å²) in [4.78, 5) is 44.0. The van der Waals surface area contributed by atoms with E-state index in [-0.39, 0.29) is 48.0 Å². The van der Waals surface area contributed by atoms with Crippen molar-refractivity contribution in [2.75, 3.05) is 7.11 Å². The molecule has 4 rings (SSSR count). The number of aryl methyl sites for hydroxylation is 1. The summed E-state index contributed by atoms with van der Waals surface area (Å²) in [5, 5.41) is 11.1. The first-order chi connectivity index (χ1) is 15.9. The second kappa shape index (κ2) is 8.61. The molecular formula is C23H27N5O5. The predicted molar refractivity (Wildman–Crippen MR) is 125 cm³/mol. The fourth-order valence-corrected chi connectivity index (χ4v) is 4.18. The smallest absolute Gasteiger partial charge is 0.332 e. The molecule has 0 saturated heterocycles. The van der Waals surface area contributed by atoms with E-state index in [9.17, 15) is 19.5 Å². The number of hydrogen-bond acceptors (Lipinski definition) is 6. The van der Waals surface area contributed by atoms with Crippen molar-refractivity contribution in [3.8, 4) is 11.6 Å². The van der Waals surface area contributed by atoms with Crippen LogP contribution in [0.5, 0.6) is 11.6 Å². The number of rotatable bonds is 7. The van der Waals surface area contributed by atoms with E-state index in [1.54, 1.807) is 33.1 Å². The second-order valence-electron chi connectivity index (χ2n) is 7.79. The van der Waals surface area contributed by atoms with Gasteiger partial charge in [0.05, 0.1) is 19.2 Å². The standard InChI is InChI=1S/C23H27N5O5/c1-5-8-16-19(29)27(13-14-9-11-15(33-4)12-10-14)22-24-18-17(28(22)20(16)30)21(31)26(7-3)23(32)25(18)6-2/h9-12,29H,5-8,13H2,1-4H3. The molecule has 0 radical (unpaired) electrons. The minimum Gasteiger partial charge on any atom is -0.497 e. The Morgan fingerprint density at radius 2 is 1.61 bits per heavy atom. The SMILES string of the molecule is CCCc1c(O)n(Cc2ccc(OC)cc2)c2nc3c(c(=O)n(CC)c(=O)n3CC)n2c1=O. The molecule has 10 heteroatoms. The Balaban J connectivity index is 2.15. The van der Waals surface area contributed by atoms with Gasteiger partial charge >= 0.3 is 5.69 Å². The minimum absolute atomic E-state index is 0.0409. The average Bonchev–Trinajstić information content (AvgIpc) is 3.21. The Hall–Kier alpha value is -3.82. The normalized spacial score (nSPS) is 11.5. The van der Waals surface area contributed by atoms with E-state index in [2.05, 4.69) is 4.98 Å². The first kappa shape index (κ1) is 22.4. The Bertz CT molecular complexity index is 1520. The van der Waals surface area contributed by atoms with Crippen LogP contribution in [0.2, 0.25) is 0 Å². The maximum absolute atomic E-state index is 13.4. The highest BCUT2D eigenvalue weighted by Crippen LogP contribution is 2.23. The molecule has 0 fully saturated rings. The van der Waals surface area contributed by atoms with Gasteiger partial charge in [-0.05, 0) is 38.0 Å². The first-order valence-electron chi connectivity index (χ1n) is 11.0. The Morgan fingerprint density at radius 3 is 2.18 bits per heavy atom. The van der Waals surface area contributed by atoms with Crippen LogP contribution in [0.4, 0.5) is 0 Å². The fourth-order valence-electron chi connectivity index (χ4n) is 4.18. The third kappa shape index (κ3) is 3.42. The molecule has 0 spiro atoms. The van der Waals surface area contributed by atoms with Crippen molar-refractivity contribution in [1.82, 2.24) is 23.1 Å². The summed E-state index contributed by atoms with van der Waals surface area (Å²) in [5.74, 6) is 0.607. The summed E-state index contributed by atoms with van der Waals surface area (Å²) in [6.45, 7) is 6.04. The third-order valence-corrected chi connectivity index (χ3v) is 5.87. The number of aromatic nitrogens is 5. The molecule has 3 heterocycles. The van der Waals surface area contributed by atoms with Crippen LogP contribution in [0.15, 0.2) is 38.6 Å².